The fourth-order valence-electron chi connectivity index (χ4n) is 2.06. The molecule has 3 N–H and O–H groups in total. The predicted octanol–water partition coefficient (Wildman–Crippen LogP) is 1.98. The predicted molar refractivity (Wildman–Crippen MR) is 60.5 cm³/mol. The van der Waals surface area contributed by atoms with Crippen LogP contribution >= 0.6 is 0 Å². The summed E-state index contributed by atoms with van der Waals surface area (Å²) in [5.74, 6) is 1.15. The lowest BCUT2D eigenvalue weighted by molar-refractivity contribution is 0.578. The van der Waals surface area contributed by atoms with Crippen molar-refractivity contribution < 1.29 is 4.39 Å². The van der Waals surface area contributed by atoms with Gasteiger partial charge in [0.05, 0.1) is 5.52 Å². The van der Waals surface area contributed by atoms with Crippen molar-refractivity contribution in [3.05, 3.63) is 29.8 Å². The molecule has 0 spiro atoms. The molecule has 16 heavy (non-hydrogen) atoms. The average molecular weight is 219 g/mol. The molecule has 1 aromatic heterocycles. The highest BCUT2D eigenvalue weighted by Gasteiger charge is 2.29. The molecule has 0 amide bonds. The number of rotatable bonds is 3. The van der Waals surface area contributed by atoms with Crippen molar-refractivity contribution in [1.82, 2.24) is 9.97 Å². The fraction of sp³-hybridized carbons (Fsp3) is 0.417. The van der Waals surface area contributed by atoms with Gasteiger partial charge in [-0.1, -0.05) is 6.07 Å². The number of para-hydroxylation sites is 1. The van der Waals surface area contributed by atoms with Crippen molar-refractivity contribution in [1.29, 1.82) is 0 Å². The Balaban J connectivity index is 1.89. The van der Waals surface area contributed by atoms with Crippen molar-refractivity contribution >= 4 is 11.0 Å². The van der Waals surface area contributed by atoms with E-state index in [0.29, 0.717) is 17.9 Å². The van der Waals surface area contributed by atoms with Crippen LogP contribution in [0.25, 0.3) is 11.0 Å². The summed E-state index contributed by atoms with van der Waals surface area (Å²) >= 11 is 0. The molecule has 0 bridgehead atoms. The third kappa shape index (κ3) is 1.69. The molecule has 1 heterocycles. The fourth-order valence-corrected chi connectivity index (χ4v) is 2.06. The van der Waals surface area contributed by atoms with E-state index in [2.05, 4.69) is 9.97 Å². The molecule has 1 atom stereocenters. The van der Waals surface area contributed by atoms with E-state index in [1.54, 1.807) is 6.07 Å². The number of H-pyrrole nitrogens is 1. The monoisotopic (exact) mass is 219 g/mol. The van der Waals surface area contributed by atoms with Gasteiger partial charge in [0.25, 0.3) is 0 Å². The van der Waals surface area contributed by atoms with E-state index in [4.69, 9.17) is 5.73 Å². The summed E-state index contributed by atoms with van der Waals surface area (Å²) in [6.07, 6.45) is 3.14. The quantitative estimate of drug-likeness (QED) is 0.829. The molecule has 3 rings (SSSR count). The average Bonchev–Trinajstić information content (AvgIpc) is 3.01. The van der Waals surface area contributed by atoms with Gasteiger partial charge in [-0.15, -0.1) is 0 Å². The Hall–Kier alpha value is -1.42. The summed E-state index contributed by atoms with van der Waals surface area (Å²) in [5, 5.41) is 0. The lowest BCUT2D eigenvalue weighted by atomic mass is 10.1. The molecule has 1 aliphatic carbocycles. The van der Waals surface area contributed by atoms with Crippen molar-refractivity contribution in [3.8, 4) is 0 Å². The van der Waals surface area contributed by atoms with E-state index in [-0.39, 0.29) is 11.9 Å². The summed E-state index contributed by atoms with van der Waals surface area (Å²) in [6, 6.07) is 5.09. The first kappa shape index (κ1) is 9.78. The number of aromatic amines is 1. The van der Waals surface area contributed by atoms with Gasteiger partial charge in [0.2, 0.25) is 0 Å². The molecule has 2 aromatic rings. The van der Waals surface area contributed by atoms with E-state index >= 15 is 0 Å². The van der Waals surface area contributed by atoms with Crippen molar-refractivity contribution in [2.75, 3.05) is 0 Å². The van der Waals surface area contributed by atoms with Crippen LogP contribution in [0.2, 0.25) is 0 Å². The van der Waals surface area contributed by atoms with Crippen LogP contribution in [0, 0.1) is 11.7 Å². The number of aromatic nitrogens is 2. The molecule has 1 saturated carbocycles. The van der Waals surface area contributed by atoms with E-state index in [0.717, 1.165) is 11.3 Å². The molecule has 3 nitrogen and oxygen atoms in total. The summed E-state index contributed by atoms with van der Waals surface area (Å²) in [4.78, 5) is 7.37. The smallest absolute Gasteiger partial charge is 0.151 e. The maximum Gasteiger partial charge on any atom is 0.151 e. The zero-order chi connectivity index (χ0) is 11.1. The van der Waals surface area contributed by atoms with E-state index in [9.17, 15) is 4.39 Å². The van der Waals surface area contributed by atoms with Gasteiger partial charge in [-0.25, -0.2) is 9.37 Å². The minimum Gasteiger partial charge on any atom is -0.342 e. The third-order valence-electron chi connectivity index (χ3n) is 3.17. The maximum absolute atomic E-state index is 13.4. The lowest BCUT2D eigenvalue weighted by Gasteiger charge is -2.06. The number of nitrogens with zero attached hydrogens (tertiary/aromatic N) is 1. The number of hydrogen-bond donors (Lipinski definition) is 2. The summed E-state index contributed by atoms with van der Waals surface area (Å²) in [6.45, 7) is 0. The number of imidazole rings is 1. The SMILES string of the molecule is NC(Cc1nc2c(F)cccc2[nH]1)C1CC1. The zero-order valence-corrected chi connectivity index (χ0v) is 8.91. The van der Waals surface area contributed by atoms with Gasteiger partial charge in [-0.3, -0.25) is 0 Å². The number of benzene rings is 1. The van der Waals surface area contributed by atoms with Crippen molar-refractivity contribution in [3.63, 3.8) is 0 Å². The summed E-state index contributed by atoms with van der Waals surface area (Å²) in [7, 11) is 0. The Morgan fingerprint density at radius 1 is 1.50 bits per heavy atom. The van der Waals surface area contributed by atoms with E-state index < -0.39 is 0 Å². The van der Waals surface area contributed by atoms with Crippen LogP contribution in [0.15, 0.2) is 18.2 Å². The topological polar surface area (TPSA) is 54.7 Å². The van der Waals surface area contributed by atoms with Crippen molar-refractivity contribution in [2.24, 2.45) is 11.7 Å². The third-order valence-corrected chi connectivity index (χ3v) is 3.17. The van der Waals surface area contributed by atoms with E-state index in [1.807, 2.05) is 6.07 Å². The van der Waals surface area contributed by atoms with Crippen molar-refractivity contribution in [2.45, 2.75) is 25.3 Å². The van der Waals surface area contributed by atoms with Gasteiger partial charge >= 0.3 is 0 Å². The highest BCUT2D eigenvalue weighted by molar-refractivity contribution is 5.75. The van der Waals surface area contributed by atoms with Crippen LogP contribution in [0.5, 0.6) is 0 Å². The number of fused-ring (bicyclic) bond motifs is 1. The van der Waals surface area contributed by atoms with Gasteiger partial charge in [0.1, 0.15) is 11.3 Å². The Kier molecular flexibility index (Phi) is 2.17. The van der Waals surface area contributed by atoms with Crippen LogP contribution < -0.4 is 5.73 Å². The zero-order valence-electron chi connectivity index (χ0n) is 8.91. The van der Waals surface area contributed by atoms with Crippen LogP contribution in [0.3, 0.4) is 0 Å². The molecule has 0 radical (unpaired) electrons. The highest BCUT2D eigenvalue weighted by atomic mass is 19.1. The molecule has 1 aliphatic rings. The second kappa shape index (κ2) is 3.56. The lowest BCUT2D eigenvalue weighted by Crippen LogP contribution is -2.25. The minimum absolute atomic E-state index is 0.156. The molecule has 1 unspecified atom stereocenters. The van der Waals surface area contributed by atoms with E-state index in [1.165, 1.54) is 18.9 Å². The summed E-state index contributed by atoms with van der Waals surface area (Å²) in [5.41, 5.74) is 7.18. The van der Waals surface area contributed by atoms with Crippen LogP contribution in [0.4, 0.5) is 4.39 Å². The molecular weight excluding hydrogens is 205 g/mol. The van der Waals surface area contributed by atoms with Gasteiger partial charge in [0, 0.05) is 12.5 Å². The van der Waals surface area contributed by atoms with Crippen LogP contribution in [-0.4, -0.2) is 16.0 Å². The number of hydrogen-bond acceptors (Lipinski definition) is 2. The maximum atomic E-state index is 13.4. The molecule has 1 fully saturated rings. The number of halogens is 1. The first-order chi connectivity index (χ1) is 7.74. The highest BCUT2D eigenvalue weighted by Crippen LogP contribution is 2.32. The standard InChI is InChI=1S/C12H14FN3/c13-8-2-1-3-10-12(8)16-11(15-10)6-9(14)7-4-5-7/h1-3,7,9H,4-6,14H2,(H,15,16). The first-order valence-electron chi connectivity index (χ1n) is 5.63. The molecule has 0 saturated heterocycles. The van der Waals surface area contributed by atoms with Gasteiger partial charge in [-0.2, -0.15) is 0 Å². The molecule has 0 aliphatic heterocycles. The van der Waals surface area contributed by atoms with Gasteiger partial charge in [0.15, 0.2) is 5.82 Å². The Bertz CT molecular complexity index is 516. The largest absolute Gasteiger partial charge is 0.342 e. The summed E-state index contributed by atoms with van der Waals surface area (Å²) < 4.78 is 13.4. The molecule has 1 aromatic carbocycles. The minimum atomic E-state index is -0.278. The molecule has 4 heteroatoms. The second-order valence-corrected chi connectivity index (χ2v) is 4.52. The van der Waals surface area contributed by atoms with Crippen LogP contribution in [0.1, 0.15) is 18.7 Å². The normalized spacial score (nSPS) is 17.9. The van der Waals surface area contributed by atoms with Crippen LogP contribution in [-0.2, 0) is 6.42 Å². The Labute approximate surface area is 92.9 Å². The van der Waals surface area contributed by atoms with Gasteiger partial charge < -0.3 is 10.7 Å². The second-order valence-electron chi connectivity index (χ2n) is 4.52. The molecular formula is C12H14FN3. The van der Waals surface area contributed by atoms with Gasteiger partial charge in [-0.05, 0) is 30.9 Å². The Morgan fingerprint density at radius 2 is 2.31 bits per heavy atom. The molecule has 84 valence electrons. The Morgan fingerprint density at radius 3 is 3.00 bits per heavy atom. The number of nitrogens with two attached hydrogens (primary N) is 1. The first-order valence-corrected chi connectivity index (χ1v) is 5.63. The number of nitrogens with one attached hydrogen (secondary N) is 1.